The minimum atomic E-state index is -0.981. The van der Waals surface area contributed by atoms with Gasteiger partial charge in [0.05, 0.1) is 18.3 Å². The van der Waals surface area contributed by atoms with E-state index in [1.165, 1.54) is 0 Å². The van der Waals surface area contributed by atoms with E-state index in [2.05, 4.69) is 0 Å². The van der Waals surface area contributed by atoms with Crippen LogP contribution in [-0.2, 0) is 30.8 Å². The van der Waals surface area contributed by atoms with Crippen molar-refractivity contribution < 1.29 is 23.3 Å². The Morgan fingerprint density at radius 2 is 2.22 bits per heavy atom. The second-order valence-corrected chi connectivity index (χ2v) is 6.95. The second kappa shape index (κ2) is 8.21. The predicted molar refractivity (Wildman–Crippen MR) is 86.5 cm³/mol. The molecule has 1 heterocycles. The van der Waals surface area contributed by atoms with Gasteiger partial charge in [-0.3, -0.25) is 9.00 Å². The maximum Gasteiger partial charge on any atom is 0.338 e. The topological polar surface area (TPSA) is 72.9 Å². The number of amides is 1. The third kappa shape index (κ3) is 5.44. The maximum absolute atomic E-state index is 12.0. The lowest BCUT2D eigenvalue weighted by Crippen LogP contribution is -2.46. The number of benzene rings is 1. The summed E-state index contributed by atoms with van der Waals surface area (Å²) < 4.78 is 21.7. The summed E-state index contributed by atoms with van der Waals surface area (Å²) in [6, 6.07) is 6.78. The van der Waals surface area contributed by atoms with E-state index in [0.717, 1.165) is 5.56 Å². The Labute approximate surface area is 138 Å². The molecule has 6 nitrogen and oxygen atoms in total. The van der Waals surface area contributed by atoms with Gasteiger partial charge in [0, 0.05) is 35.9 Å². The molecule has 23 heavy (non-hydrogen) atoms. The van der Waals surface area contributed by atoms with Gasteiger partial charge in [-0.05, 0) is 24.6 Å². The van der Waals surface area contributed by atoms with Crippen LogP contribution in [-0.4, -0.2) is 59.6 Å². The standard InChI is InChI=1S/C16H21NO5S/c1-12-9-17(6-7-21-12)15(18)10-22-16(19)14-5-3-4-13(8-14)11-23(2)20/h3-5,8,12H,6-7,9-11H2,1-2H3. The monoisotopic (exact) mass is 339 g/mol. The molecule has 0 spiro atoms. The molecule has 1 aliphatic rings. The fourth-order valence-electron chi connectivity index (χ4n) is 2.37. The van der Waals surface area contributed by atoms with Crippen molar-refractivity contribution in [2.75, 3.05) is 32.6 Å². The molecule has 1 aromatic rings. The van der Waals surface area contributed by atoms with E-state index in [1.807, 2.05) is 6.92 Å². The Morgan fingerprint density at radius 3 is 2.91 bits per heavy atom. The summed E-state index contributed by atoms with van der Waals surface area (Å²) in [7, 11) is -0.981. The Morgan fingerprint density at radius 1 is 1.43 bits per heavy atom. The molecule has 2 atom stereocenters. The number of esters is 1. The summed E-state index contributed by atoms with van der Waals surface area (Å²) in [5, 5.41) is 0. The number of hydrogen-bond donors (Lipinski definition) is 0. The first-order valence-electron chi connectivity index (χ1n) is 7.41. The van der Waals surface area contributed by atoms with Crippen LogP contribution < -0.4 is 0 Å². The molecule has 0 aliphatic carbocycles. The van der Waals surface area contributed by atoms with E-state index in [9.17, 15) is 13.8 Å². The van der Waals surface area contributed by atoms with Gasteiger partial charge in [-0.15, -0.1) is 0 Å². The zero-order valence-corrected chi connectivity index (χ0v) is 14.1. The van der Waals surface area contributed by atoms with Gasteiger partial charge < -0.3 is 14.4 Å². The zero-order chi connectivity index (χ0) is 16.8. The van der Waals surface area contributed by atoms with Crippen LogP contribution in [0.25, 0.3) is 0 Å². The van der Waals surface area contributed by atoms with E-state index in [0.29, 0.717) is 31.0 Å². The molecule has 2 rings (SSSR count). The Hall–Kier alpha value is -1.73. The molecular weight excluding hydrogens is 318 g/mol. The lowest BCUT2D eigenvalue weighted by molar-refractivity contribution is -0.141. The highest BCUT2D eigenvalue weighted by Crippen LogP contribution is 2.10. The summed E-state index contributed by atoms with van der Waals surface area (Å²) >= 11 is 0. The number of carbonyl (C=O) groups is 2. The van der Waals surface area contributed by atoms with E-state index < -0.39 is 16.8 Å². The molecular formula is C16H21NO5S. The molecule has 126 valence electrons. The van der Waals surface area contributed by atoms with E-state index >= 15 is 0 Å². The molecule has 0 saturated carbocycles. The fourth-order valence-corrected chi connectivity index (χ4v) is 3.02. The van der Waals surface area contributed by atoms with E-state index in [4.69, 9.17) is 9.47 Å². The van der Waals surface area contributed by atoms with Gasteiger partial charge >= 0.3 is 5.97 Å². The predicted octanol–water partition coefficient (Wildman–Crippen LogP) is 0.969. The van der Waals surface area contributed by atoms with Crippen molar-refractivity contribution in [3.8, 4) is 0 Å². The van der Waals surface area contributed by atoms with E-state index in [1.54, 1.807) is 35.4 Å². The number of rotatable bonds is 5. The average Bonchev–Trinajstić information content (AvgIpc) is 2.52. The summed E-state index contributed by atoms with van der Waals surface area (Å²) in [4.78, 5) is 25.7. The Kier molecular flexibility index (Phi) is 6.29. The highest BCUT2D eigenvalue weighted by atomic mass is 32.2. The van der Waals surface area contributed by atoms with Crippen molar-refractivity contribution >= 4 is 22.7 Å². The highest BCUT2D eigenvalue weighted by Gasteiger charge is 2.22. The number of nitrogens with zero attached hydrogens (tertiary/aromatic N) is 1. The lowest BCUT2D eigenvalue weighted by atomic mass is 10.1. The largest absolute Gasteiger partial charge is 0.452 e. The Bertz CT molecular complexity index is 604. The van der Waals surface area contributed by atoms with Crippen LogP contribution in [0.2, 0.25) is 0 Å². The first-order valence-corrected chi connectivity index (χ1v) is 9.14. The number of carbonyl (C=O) groups excluding carboxylic acids is 2. The third-order valence-electron chi connectivity index (χ3n) is 3.45. The van der Waals surface area contributed by atoms with Gasteiger partial charge in [0.1, 0.15) is 0 Å². The first kappa shape index (κ1) is 17.6. The van der Waals surface area contributed by atoms with Crippen molar-refractivity contribution in [1.82, 2.24) is 4.90 Å². The molecule has 0 aromatic heterocycles. The van der Waals surface area contributed by atoms with E-state index in [-0.39, 0.29) is 18.6 Å². The first-order chi connectivity index (χ1) is 11.0. The van der Waals surface area contributed by atoms with Crippen molar-refractivity contribution in [3.05, 3.63) is 35.4 Å². The molecule has 7 heteroatoms. The van der Waals surface area contributed by atoms with Crippen LogP contribution in [0.3, 0.4) is 0 Å². The minimum Gasteiger partial charge on any atom is -0.452 e. The third-order valence-corrected chi connectivity index (χ3v) is 4.19. The zero-order valence-electron chi connectivity index (χ0n) is 13.3. The molecule has 1 saturated heterocycles. The van der Waals surface area contributed by atoms with Crippen molar-refractivity contribution in [1.29, 1.82) is 0 Å². The number of morpholine rings is 1. The van der Waals surface area contributed by atoms with Crippen LogP contribution in [0, 0.1) is 0 Å². The van der Waals surface area contributed by atoms with Crippen LogP contribution in [0.15, 0.2) is 24.3 Å². The molecule has 0 N–H and O–H groups in total. The lowest BCUT2D eigenvalue weighted by Gasteiger charge is -2.30. The van der Waals surface area contributed by atoms with Crippen molar-refractivity contribution in [2.24, 2.45) is 0 Å². The van der Waals surface area contributed by atoms with Gasteiger partial charge in [0.25, 0.3) is 5.91 Å². The summed E-state index contributed by atoms with van der Waals surface area (Å²) in [5.74, 6) is -0.395. The van der Waals surface area contributed by atoms with Gasteiger partial charge in [-0.25, -0.2) is 4.79 Å². The number of hydrogen-bond acceptors (Lipinski definition) is 5. The molecule has 1 amide bonds. The van der Waals surface area contributed by atoms with Crippen LogP contribution >= 0.6 is 0 Å². The van der Waals surface area contributed by atoms with Crippen molar-refractivity contribution in [2.45, 2.75) is 18.8 Å². The Balaban J connectivity index is 1.89. The van der Waals surface area contributed by atoms with Gasteiger partial charge in [0.15, 0.2) is 6.61 Å². The van der Waals surface area contributed by atoms with Gasteiger partial charge in [0.2, 0.25) is 0 Å². The maximum atomic E-state index is 12.0. The molecule has 0 bridgehead atoms. The fraction of sp³-hybridized carbons (Fsp3) is 0.500. The normalized spacial score (nSPS) is 19.2. The average molecular weight is 339 g/mol. The number of ether oxygens (including phenoxy) is 2. The molecule has 1 aliphatic heterocycles. The molecule has 2 unspecified atom stereocenters. The summed E-state index contributed by atoms with van der Waals surface area (Å²) in [6.45, 7) is 3.13. The second-order valence-electron chi connectivity index (χ2n) is 5.52. The highest BCUT2D eigenvalue weighted by molar-refractivity contribution is 7.83. The quantitative estimate of drug-likeness (QED) is 0.748. The smallest absolute Gasteiger partial charge is 0.338 e. The van der Waals surface area contributed by atoms with Gasteiger partial charge in [-0.2, -0.15) is 0 Å². The molecule has 1 aromatic carbocycles. The van der Waals surface area contributed by atoms with Crippen LogP contribution in [0.5, 0.6) is 0 Å². The minimum absolute atomic E-state index is 0.00463. The van der Waals surface area contributed by atoms with Crippen LogP contribution in [0.1, 0.15) is 22.8 Å². The van der Waals surface area contributed by atoms with Crippen LogP contribution in [0.4, 0.5) is 0 Å². The van der Waals surface area contributed by atoms with Crippen molar-refractivity contribution in [3.63, 3.8) is 0 Å². The SMILES string of the molecule is CC1CN(C(=O)COC(=O)c2cccc(CS(C)=O)c2)CCO1. The summed E-state index contributed by atoms with van der Waals surface area (Å²) in [6.07, 6.45) is 1.60. The molecule has 1 fully saturated rings. The van der Waals surface area contributed by atoms with Gasteiger partial charge in [-0.1, -0.05) is 12.1 Å². The molecule has 0 radical (unpaired) electrons. The summed E-state index contributed by atoms with van der Waals surface area (Å²) in [5.41, 5.74) is 1.16.